The van der Waals surface area contributed by atoms with E-state index in [-0.39, 0.29) is 0 Å². The Bertz CT molecular complexity index is 1270. The number of aryl methyl sites for hydroxylation is 1. The fourth-order valence-electron chi connectivity index (χ4n) is 7.78. The molecule has 3 aromatic rings. The average Bonchev–Trinajstić information content (AvgIpc) is 3.34. The lowest BCUT2D eigenvalue weighted by Crippen LogP contribution is -2.45. The number of nitrogens with zero attached hydrogens (tertiary/aromatic N) is 7. The number of likely N-dealkylation sites (tertiary alicyclic amines) is 2. The van der Waals surface area contributed by atoms with Crippen LogP contribution in [0.1, 0.15) is 67.2 Å². The molecule has 3 saturated heterocycles. The Morgan fingerprint density at radius 3 is 2.62 bits per heavy atom. The zero-order chi connectivity index (χ0) is 26.2. The van der Waals surface area contributed by atoms with E-state index < -0.39 is 0 Å². The minimum absolute atomic E-state index is 0.431. The number of likely N-dealkylation sites (N-methyl/N-ethyl adjacent to an activating group) is 1. The summed E-state index contributed by atoms with van der Waals surface area (Å²) in [6.07, 6.45) is 12.2. The van der Waals surface area contributed by atoms with Crippen LogP contribution in [0.2, 0.25) is 0 Å². The summed E-state index contributed by atoms with van der Waals surface area (Å²) in [7, 11) is 2.24. The van der Waals surface area contributed by atoms with E-state index >= 15 is 0 Å². The third kappa shape index (κ3) is 5.09. The van der Waals surface area contributed by atoms with Gasteiger partial charge in [-0.2, -0.15) is 0 Å². The first kappa shape index (κ1) is 25.5. The van der Waals surface area contributed by atoms with E-state index in [4.69, 9.17) is 9.97 Å². The number of aromatic nitrogens is 3. The molecular formula is C32H45N7. The van der Waals surface area contributed by atoms with E-state index in [1.165, 1.54) is 86.5 Å². The van der Waals surface area contributed by atoms with E-state index in [1.54, 1.807) is 0 Å². The second-order valence-corrected chi connectivity index (χ2v) is 12.4. The molecule has 0 amide bonds. The topological polar surface area (TPSA) is 43.2 Å². The van der Waals surface area contributed by atoms with Gasteiger partial charge in [0.1, 0.15) is 11.5 Å². The summed E-state index contributed by atoms with van der Waals surface area (Å²) < 4.78 is 2.53. The molecule has 39 heavy (non-hydrogen) atoms. The SMILES string of the molecule is CN1CCN(c2cccc3nc(CN4CCC[C@H]5CCc6cccnc6[C@H]54)c(CCN4CCCCC4)n23)CC1. The molecule has 3 aromatic heterocycles. The molecule has 0 unspecified atom stereocenters. The molecule has 3 aliphatic heterocycles. The quantitative estimate of drug-likeness (QED) is 0.473. The number of hydrogen-bond acceptors (Lipinski definition) is 6. The molecule has 0 radical (unpaired) electrons. The second-order valence-electron chi connectivity index (χ2n) is 12.4. The van der Waals surface area contributed by atoms with Gasteiger partial charge >= 0.3 is 0 Å². The molecule has 3 fully saturated rings. The van der Waals surface area contributed by atoms with Crippen molar-refractivity contribution in [3.63, 3.8) is 0 Å². The Balaban J connectivity index is 1.24. The van der Waals surface area contributed by atoms with E-state index in [9.17, 15) is 0 Å². The van der Waals surface area contributed by atoms with Crippen molar-refractivity contribution in [3.05, 3.63) is 59.2 Å². The number of rotatable bonds is 6. The van der Waals surface area contributed by atoms with E-state index in [0.717, 1.165) is 63.8 Å². The van der Waals surface area contributed by atoms with Gasteiger partial charge in [0.25, 0.3) is 0 Å². The molecule has 6 heterocycles. The highest BCUT2D eigenvalue weighted by atomic mass is 15.3. The fraction of sp³-hybridized carbons (Fsp3) is 0.625. The van der Waals surface area contributed by atoms with Crippen molar-refractivity contribution >= 4 is 11.5 Å². The minimum Gasteiger partial charge on any atom is -0.355 e. The number of imidazole rings is 1. The molecule has 4 aliphatic rings. The Labute approximate surface area is 233 Å². The first-order valence-corrected chi connectivity index (χ1v) is 15.6. The summed E-state index contributed by atoms with van der Waals surface area (Å²) in [4.78, 5) is 20.8. The largest absolute Gasteiger partial charge is 0.355 e. The molecule has 0 saturated carbocycles. The maximum absolute atomic E-state index is 5.38. The Morgan fingerprint density at radius 1 is 0.872 bits per heavy atom. The zero-order valence-electron chi connectivity index (χ0n) is 23.8. The standard InChI is InChI=1S/C32H45N7/c1-35-20-22-37(23-21-35)30-11-5-10-29-34-27(28(39(29)30)14-19-36-16-3-2-4-17-36)24-38-18-7-9-26-13-12-25-8-6-15-33-31(25)32(26)38/h5-6,8,10-11,15,26,32H,2-4,7,9,12-14,16-24H2,1H3/t26-,32-/m0/s1. The summed E-state index contributed by atoms with van der Waals surface area (Å²) in [5.74, 6) is 2.05. The first-order chi connectivity index (χ1) is 19.2. The van der Waals surface area contributed by atoms with Gasteiger partial charge < -0.3 is 14.7 Å². The summed E-state index contributed by atoms with van der Waals surface area (Å²) in [6, 6.07) is 11.6. The number of fused-ring (bicyclic) bond motifs is 4. The molecular weight excluding hydrogens is 482 g/mol. The van der Waals surface area contributed by atoms with Crippen molar-refractivity contribution < 1.29 is 0 Å². The highest BCUT2D eigenvalue weighted by Gasteiger charge is 2.38. The van der Waals surface area contributed by atoms with Crippen LogP contribution in [0.4, 0.5) is 5.82 Å². The van der Waals surface area contributed by atoms with Gasteiger partial charge in [-0.3, -0.25) is 14.3 Å². The van der Waals surface area contributed by atoms with Gasteiger partial charge in [0.15, 0.2) is 0 Å². The molecule has 0 spiro atoms. The lowest BCUT2D eigenvalue weighted by atomic mass is 9.77. The summed E-state index contributed by atoms with van der Waals surface area (Å²) in [6.45, 7) is 10.1. The molecule has 7 nitrogen and oxygen atoms in total. The predicted molar refractivity (Wildman–Crippen MR) is 157 cm³/mol. The molecule has 0 bridgehead atoms. The summed E-state index contributed by atoms with van der Waals surface area (Å²) in [5.41, 5.74) is 6.64. The van der Waals surface area contributed by atoms with Gasteiger partial charge in [-0.05, 0) is 94.9 Å². The van der Waals surface area contributed by atoms with Crippen LogP contribution >= 0.6 is 0 Å². The average molecular weight is 528 g/mol. The van der Waals surface area contributed by atoms with Crippen LogP contribution in [-0.4, -0.2) is 88.5 Å². The molecule has 0 N–H and O–H groups in total. The predicted octanol–water partition coefficient (Wildman–Crippen LogP) is 4.41. The van der Waals surface area contributed by atoms with Crippen molar-refractivity contribution in [3.8, 4) is 0 Å². The fourth-order valence-corrected chi connectivity index (χ4v) is 7.78. The number of piperidine rings is 2. The van der Waals surface area contributed by atoms with Crippen molar-refractivity contribution in [1.29, 1.82) is 0 Å². The summed E-state index contributed by atoms with van der Waals surface area (Å²) >= 11 is 0. The highest BCUT2D eigenvalue weighted by Crippen LogP contribution is 2.43. The third-order valence-electron chi connectivity index (χ3n) is 9.95. The minimum atomic E-state index is 0.431. The zero-order valence-corrected chi connectivity index (χ0v) is 23.8. The Kier molecular flexibility index (Phi) is 7.31. The number of piperazine rings is 1. The monoisotopic (exact) mass is 527 g/mol. The van der Waals surface area contributed by atoms with E-state index in [0.29, 0.717) is 6.04 Å². The van der Waals surface area contributed by atoms with Gasteiger partial charge in [-0.15, -0.1) is 0 Å². The number of anilines is 1. The number of pyridine rings is 2. The van der Waals surface area contributed by atoms with Crippen molar-refractivity contribution in [2.24, 2.45) is 5.92 Å². The Hall–Kier alpha value is -2.48. The molecule has 1 aliphatic carbocycles. The van der Waals surface area contributed by atoms with Gasteiger partial charge in [-0.1, -0.05) is 18.6 Å². The second kappa shape index (κ2) is 11.2. The number of hydrogen-bond donors (Lipinski definition) is 0. The molecule has 2 atom stereocenters. The highest BCUT2D eigenvalue weighted by molar-refractivity contribution is 5.55. The van der Waals surface area contributed by atoms with Crippen LogP contribution < -0.4 is 4.90 Å². The summed E-state index contributed by atoms with van der Waals surface area (Å²) in [5, 5.41) is 0. The van der Waals surface area contributed by atoms with Crippen LogP contribution in [0, 0.1) is 5.92 Å². The van der Waals surface area contributed by atoms with Gasteiger partial charge in [0.05, 0.1) is 23.1 Å². The van der Waals surface area contributed by atoms with Crippen LogP contribution in [0.15, 0.2) is 36.5 Å². The third-order valence-corrected chi connectivity index (χ3v) is 9.95. The molecule has 208 valence electrons. The van der Waals surface area contributed by atoms with Crippen molar-refractivity contribution in [1.82, 2.24) is 29.1 Å². The van der Waals surface area contributed by atoms with Crippen molar-refractivity contribution in [2.45, 2.75) is 64.0 Å². The lowest BCUT2D eigenvalue weighted by Gasteiger charge is -2.44. The maximum Gasteiger partial charge on any atom is 0.138 e. The van der Waals surface area contributed by atoms with Crippen LogP contribution in [0.3, 0.4) is 0 Å². The van der Waals surface area contributed by atoms with Gasteiger partial charge in [-0.25, -0.2) is 4.98 Å². The smallest absolute Gasteiger partial charge is 0.138 e. The van der Waals surface area contributed by atoms with Gasteiger partial charge in [0.2, 0.25) is 0 Å². The van der Waals surface area contributed by atoms with Gasteiger partial charge in [0, 0.05) is 51.9 Å². The van der Waals surface area contributed by atoms with Crippen LogP contribution in [0.5, 0.6) is 0 Å². The van der Waals surface area contributed by atoms with Crippen molar-refractivity contribution in [2.75, 3.05) is 64.3 Å². The Morgan fingerprint density at radius 2 is 1.74 bits per heavy atom. The van der Waals surface area contributed by atoms with E-state index in [2.05, 4.69) is 61.4 Å². The molecule has 7 heteroatoms. The normalized spacial score (nSPS) is 25.1. The van der Waals surface area contributed by atoms with Crippen LogP contribution in [-0.2, 0) is 19.4 Å². The van der Waals surface area contributed by atoms with Crippen LogP contribution in [0.25, 0.3) is 5.65 Å². The maximum atomic E-state index is 5.38. The van der Waals surface area contributed by atoms with E-state index in [1.807, 2.05) is 6.20 Å². The lowest BCUT2D eigenvalue weighted by molar-refractivity contribution is 0.0683. The first-order valence-electron chi connectivity index (χ1n) is 15.6. The molecule has 0 aromatic carbocycles. The molecule has 7 rings (SSSR count).